The van der Waals surface area contributed by atoms with Gasteiger partial charge in [-0.1, -0.05) is 12.1 Å². The molecule has 8 nitrogen and oxygen atoms in total. The van der Waals surface area contributed by atoms with Gasteiger partial charge in [0.2, 0.25) is 0 Å². The fraction of sp³-hybridized carbons (Fsp3) is 0.278. The molecular weight excluding hydrogens is 340 g/mol. The van der Waals surface area contributed by atoms with Crippen molar-refractivity contribution in [3.05, 3.63) is 57.5 Å². The first kappa shape index (κ1) is 19.2. The van der Waals surface area contributed by atoms with Gasteiger partial charge < -0.3 is 24.5 Å². The summed E-state index contributed by atoms with van der Waals surface area (Å²) in [6, 6.07) is 8.00. The van der Waals surface area contributed by atoms with Gasteiger partial charge in [0.15, 0.2) is 0 Å². The Morgan fingerprint density at radius 3 is 2.54 bits per heavy atom. The third-order valence-electron chi connectivity index (χ3n) is 3.58. The number of para-hydroxylation sites is 2. The number of H-pyrrole nitrogens is 1. The van der Waals surface area contributed by atoms with Gasteiger partial charge in [-0.05, 0) is 25.1 Å². The SMILES string of the molecule is COCCOC(=O)c1cc(C(=O)Nc2ccccc2OC)c(=O)[nH]c1C. The number of hydrogen-bond acceptors (Lipinski definition) is 6. The number of esters is 1. The molecule has 0 aliphatic heterocycles. The number of aromatic nitrogens is 1. The zero-order chi connectivity index (χ0) is 19.1. The fourth-order valence-corrected chi connectivity index (χ4v) is 2.24. The molecule has 138 valence electrons. The lowest BCUT2D eigenvalue weighted by Crippen LogP contribution is -2.26. The number of nitrogens with one attached hydrogen (secondary N) is 2. The highest BCUT2D eigenvalue weighted by molar-refractivity contribution is 6.06. The lowest BCUT2D eigenvalue weighted by molar-refractivity contribution is 0.0386. The second-order valence-electron chi connectivity index (χ2n) is 5.33. The summed E-state index contributed by atoms with van der Waals surface area (Å²) in [7, 11) is 2.96. The van der Waals surface area contributed by atoms with Gasteiger partial charge in [0.25, 0.3) is 11.5 Å². The first-order valence-corrected chi connectivity index (χ1v) is 7.82. The van der Waals surface area contributed by atoms with E-state index in [1.807, 2.05) is 0 Å². The van der Waals surface area contributed by atoms with Crippen LogP contribution >= 0.6 is 0 Å². The summed E-state index contributed by atoms with van der Waals surface area (Å²) in [6.45, 7) is 1.86. The molecule has 0 fully saturated rings. The molecule has 1 amide bonds. The third kappa shape index (κ3) is 4.48. The van der Waals surface area contributed by atoms with Crippen LogP contribution in [0.2, 0.25) is 0 Å². The number of benzene rings is 1. The zero-order valence-corrected chi connectivity index (χ0v) is 14.8. The highest BCUT2D eigenvalue weighted by Gasteiger charge is 2.19. The maximum atomic E-state index is 12.5. The number of pyridine rings is 1. The number of ether oxygens (including phenoxy) is 3. The minimum Gasteiger partial charge on any atom is -0.495 e. The van der Waals surface area contributed by atoms with E-state index in [0.717, 1.165) is 0 Å². The normalized spacial score (nSPS) is 10.3. The minimum atomic E-state index is -0.665. The van der Waals surface area contributed by atoms with Crippen LogP contribution in [0.5, 0.6) is 5.75 Å². The van der Waals surface area contributed by atoms with E-state index in [-0.39, 0.29) is 24.3 Å². The Morgan fingerprint density at radius 2 is 1.85 bits per heavy atom. The molecule has 0 spiro atoms. The predicted octanol–water partition coefficient (Wildman–Crippen LogP) is 1.75. The molecule has 0 unspecified atom stereocenters. The van der Waals surface area contributed by atoms with E-state index in [4.69, 9.17) is 14.2 Å². The van der Waals surface area contributed by atoms with Crippen molar-refractivity contribution in [3.8, 4) is 5.75 Å². The lowest BCUT2D eigenvalue weighted by Gasteiger charge is -2.11. The molecule has 1 aromatic carbocycles. The summed E-state index contributed by atoms with van der Waals surface area (Å²) in [5.41, 5.74) is 0.00451. The minimum absolute atomic E-state index is 0.0661. The van der Waals surface area contributed by atoms with Crippen molar-refractivity contribution in [2.45, 2.75) is 6.92 Å². The van der Waals surface area contributed by atoms with Crippen LogP contribution in [-0.4, -0.2) is 44.3 Å². The first-order valence-electron chi connectivity index (χ1n) is 7.82. The maximum Gasteiger partial charge on any atom is 0.340 e. The molecule has 8 heteroatoms. The molecule has 1 heterocycles. The van der Waals surface area contributed by atoms with Crippen molar-refractivity contribution < 1.29 is 23.8 Å². The molecule has 0 aliphatic rings. The van der Waals surface area contributed by atoms with Crippen molar-refractivity contribution in [2.24, 2.45) is 0 Å². The van der Waals surface area contributed by atoms with Crippen molar-refractivity contribution in [1.82, 2.24) is 4.98 Å². The largest absolute Gasteiger partial charge is 0.495 e. The van der Waals surface area contributed by atoms with Crippen molar-refractivity contribution in [1.29, 1.82) is 0 Å². The molecule has 2 aromatic rings. The molecule has 0 aliphatic carbocycles. The average molecular weight is 360 g/mol. The molecule has 0 saturated carbocycles. The van der Waals surface area contributed by atoms with Gasteiger partial charge in [-0.15, -0.1) is 0 Å². The van der Waals surface area contributed by atoms with E-state index in [1.165, 1.54) is 20.3 Å². The Bertz CT molecular complexity index is 859. The number of aromatic amines is 1. The Labute approximate surface area is 150 Å². The number of hydrogen-bond donors (Lipinski definition) is 2. The molecule has 0 radical (unpaired) electrons. The number of rotatable bonds is 7. The van der Waals surface area contributed by atoms with Gasteiger partial charge in [-0.3, -0.25) is 9.59 Å². The van der Waals surface area contributed by atoms with Crippen LogP contribution in [0.15, 0.2) is 35.1 Å². The van der Waals surface area contributed by atoms with Gasteiger partial charge >= 0.3 is 5.97 Å². The van der Waals surface area contributed by atoms with Crippen molar-refractivity contribution in [2.75, 3.05) is 32.8 Å². The summed E-state index contributed by atoms with van der Waals surface area (Å²) in [5.74, 6) is -0.868. The van der Waals surface area contributed by atoms with Crippen LogP contribution in [0, 0.1) is 6.92 Å². The van der Waals surface area contributed by atoms with Crippen LogP contribution in [0.4, 0.5) is 5.69 Å². The van der Waals surface area contributed by atoms with E-state index in [2.05, 4.69) is 10.3 Å². The first-order chi connectivity index (χ1) is 12.5. The van der Waals surface area contributed by atoms with E-state index in [1.54, 1.807) is 31.2 Å². The van der Waals surface area contributed by atoms with Crippen LogP contribution < -0.4 is 15.6 Å². The summed E-state index contributed by atoms with van der Waals surface area (Å²) < 4.78 is 15.0. The Kier molecular flexibility index (Phi) is 6.51. The number of carbonyl (C=O) groups is 2. The van der Waals surface area contributed by atoms with Gasteiger partial charge in [0, 0.05) is 12.8 Å². The Hall–Kier alpha value is -3.13. The monoisotopic (exact) mass is 360 g/mol. The van der Waals surface area contributed by atoms with E-state index >= 15 is 0 Å². The molecule has 1 aromatic heterocycles. The second kappa shape index (κ2) is 8.82. The summed E-state index contributed by atoms with van der Waals surface area (Å²) in [4.78, 5) is 39.3. The van der Waals surface area contributed by atoms with E-state index in [9.17, 15) is 14.4 Å². The third-order valence-corrected chi connectivity index (χ3v) is 3.58. The Balaban J connectivity index is 2.28. The highest BCUT2D eigenvalue weighted by atomic mass is 16.6. The Morgan fingerprint density at radius 1 is 1.12 bits per heavy atom. The molecule has 0 bridgehead atoms. The standard InChI is InChI=1S/C18H20N2O6/c1-11-12(18(23)26-9-8-24-2)10-13(16(21)19-11)17(22)20-14-6-4-5-7-15(14)25-3/h4-7,10H,8-9H2,1-3H3,(H,19,21)(H,20,22). The number of carbonyl (C=O) groups excluding carboxylic acids is 2. The summed E-state index contributed by atoms with van der Waals surface area (Å²) >= 11 is 0. The lowest BCUT2D eigenvalue weighted by atomic mass is 10.1. The average Bonchev–Trinajstić information content (AvgIpc) is 2.62. The van der Waals surface area contributed by atoms with Crippen LogP contribution in [-0.2, 0) is 9.47 Å². The fourth-order valence-electron chi connectivity index (χ4n) is 2.24. The molecule has 26 heavy (non-hydrogen) atoms. The number of anilines is 1. The van der Waals surface area contributed by atoms with Crippen LogP contribution in [0.25, 0.3) is 0 Å². The van der Waals surface area contributed by atoms with Crippen molar-refractivity contribution in [3.63, 3.8) is 0 Å². The van der Waals surface area contributed by atoms with E-state index in [0.29, 0.717) is 17.1 Å². The smallest absolute Gasteiger partial charge is 0.340 e. The van der Waals surface area contributed by atoms with Crippen LogP contribution in [0.1, 0.15) is 26.4 Å². The van der Waals surface area contributed by atoms with E-state index < -0.39 is 17.4 Å². The number of amides is 1. The topological polar surface area (TPSA) is 107 Å². The highest BCUT2D eigenvalue weighted by Crippen LogP contribution is 2.23. The van der Waals surface area contributed by atoms with Gasteiger partial charge in [0.1, 0.15) is 17.9 Å². The molecular formula is C18H20N2O6. The quantitative estimate of drug-likeness (QED) is 0.575. The summed E-state index contributed by atoms with van der Waals surface area (Å²) in [6.07, 6.45) is 0. The van der Waals surface area contributed by atoms with Crippen LogP contribution in [0.3, 0.4) is 0 Å². The van der Waals surface area contributed by atoms with Crippen molar-refractivity contribution >= 4 is 17.6 Å². The molecule has 0 saturated heterocycles. The molecule has 2 N–H and O–H groups in total. The zero-order valence-electron chi connectivity index (χ0n) is 14.8. The second-order valence-corrected chi connectivity index (χ2v) is 5.33. The van der Waals surface area contributed by atoms with Gasteiger partial charge in [-0.2, -0.15) is 0 Å². The molecule has 2 rings (SSSR count). The summed E-state index contributed by atoms with van der Waals surface area (Å²) in [5, 5.41) is 2.60. The predicted molar refractivity (Wildman–Crippen MR) is 94.9 cm³/mol. The maximum absolute atomic E-state index is 12.5. The molecule has 0 atom stereocenters. The van der Waals surface area contributed by atoms with Gasteiger partial charge in [-0.25, -0.2) is 4.79 Å². The number of aryl methyl sites for hydroxylation is 1. The van der Waals surface area contributed by atoms with Gasteiger partial charge in [0.05, 0.1) is 25.0 Å². The number of methoxy groups -OCH3 is 2.